The molecule has 28 heavy (non-hydrogen) atoms. The summed E-state index contributed by atoms with van der Waals surface area (Å²) in [7, 11) is 0. The average Bonchev–Trinajstić information content (AvgIpc) is 3.21. The van der Waals surface area contributed by atoms with Gasteiger partial charge in [-0.15, -0.1) is 11.3 Å². The molecule has 0 bridgehead atoms. The summed E-state index contributed by atoms with van der Waals surface area (Å²) in [6.07, 6.45) is -0.249. The number of anilines is 1. The number of hydrogen-bond acceptors (Lipinski definition) is 5. The Morgan fingerprint density at radius 2 is 1.79 bits per heavy atom. The monoisotopic (exact) mass is 404 g/mol. The van der Waals surface area contributed by atoms with Crippen LogP contribution in [0.3, 0.4) is 0 Å². The van der Waals surface area contributed by atoms with Crippen molar-refractivity contribution in [2.45, 2.75) is 26.1 Å². The molecular weight excluding hydrogens is 386 g/mol. The van der Waals surface area contributed by atoms with Gasteiger partial charge in [0.2, 0.25) is 0 Å². The first kappa shape index (κ1) is 18.8. The van der Waals surface area contributed by atoms with Gasteiger partial charge in [-0.05, 0) is 37.4 Å². The lowest BCUT2D eigenvalue weighted by Gasteiger charge is -2.37. The second-order valence-corrected chi connectivity index (χ2v) is 7.85. The molecular formula is C20H18F2N2O3S. The summed E-state index contributed by atoms with van der Waals surface area (Å²) in [6, 6.07) is 6.34. The summed E-state index contributed by atoms with van der Waals surface area (Å²) in [5.41, 5.74) is 0.220. The van der Waals surface area contributed by atoms with E-state index in [4.69, 9.17) is 4.74 Å². The predicted molar refractivity (Wildman–Crippen MR) is 102 cm³/mol. The number of halogens is 2. The van der Waals surface area contributed by atoms with Gasteiger partial charge in [0.15, 0.2) is 0 Å². The number of benzene rings is 1. The van der Waals surface area contributed by atoms with Crippen LogP contribution in [0.5, 0.6) is 0 Å². The van der Waals surface area contributed by atoms with Crippen LogP contribution in [0.15, 0.2) is 41.4 Å². The summed E-state index contributed by atoms with van der Waals surface area (Å²) >= 11 is 1.33. The van der Waals surface area contributed by atoms with Crippen molar-refractivity contribution in [3.05, 3.63) is 57.9 Å². The maximum absolute atomic E-state index is 14.4. The van der Waals surface area contributed by atoms with Crippen molar-refractivity contribution in [3.63, 3.8) is 0 Å². The van der Waals surface area contributed by atoms with Gasteiger partial charge >= 0.3 is 0 Å². The number of carbonyl (C=O) groups is 2. The van der Waals surface area contributed by atoms with E-state index in [1.165, 1.54) is 11.3 Å². The Morgan fingerprint density at radius 3 is 2.39 bits per heavy atom. The Hall–Kier alpha value is -2.58. The van der Waals surface area contributed by atoms with E-state index in [0.29, 0.717) is 24.0 Å². The van der Waals surface area contributed by atoms with Gasteiger partial charge in [-0.3, -0.25) is 9.59 Å². The molecule has 2 atom stereocenters. The largest absolute Gasteiger partial charge is 0.372 e. The first-order chi connectivity index (χ1) is 13.4. The topological polar surface area (TPSA) is 49.9 Å². The minimum absolute atomic E-state index is 0.125. The van der Waals surface area contributed by atoms with Crippen LogP contribution in [0.4, 0.5) is 14.5 Å². The number of hydrogen-bond donors (Lipinski definition) is 0. The molecule has 0 radical (unpaired) electrons. The van der Waals surface area contributed by atoms with Crippen molar-refractivity contribution in [3.8, 4) is 0 Å². The third-order valence-corrected chi connectivity index (χ3v) is 5.60. The number of imide groups is 1. The van der Waals surface area contributed by atoms with Crippen LogP contribution in [0.2, 0.25) is 0 Å². The molecule has 3 heterocycles. The lowest BCUT2D eigenvalue weighted by molar-refractivity contribution is -0.121. The van der Waals surface area contributed by atoms with E-state index >= 15 is 0 Å². The second-order valence-electron chi connectivity index (χ2n) is 6.90. The van der Waals surface area contributed by atoms with Gasteiger partial charge < -0.3 is 9.64 Å². The quantitative estimate of drug-likeness (QED) is 0.736. The third-order valence-electron chi connectivity index (χ3n) is 4.71. The molecule has 4 rings (SSSR count). The molecule has 1 fully saturated rings. The summed E-state index contributed by atoms with van der Waals surface area (Å²) in [5.74, 6) is -2.96. The van der Waals surface area contributed by atoms with Crippen molar-refractivity contribution in [2.75, 3.05) is 18.0 Å². The molecule has 146 valence electrons. The predicted octanol–water partition coefficient (Wildman–Crippen LogP) is 3.42. The van der Waals surface area contributed by atoms with Crippen LogP contribution in [0.25, 0.3) is 5.57 Å². The molecule has 0 N–H and O–H groups in total. The standard InChI is InChI=1S/C20H18F2N2O3S/c1-11-9-23(10-12(2)27-11)18-17(16-4-3-7-28-16)19(25)24(20(18)26)15-6-5-13(21)8-14(15)22/h3-8,11-12H,9-10H2,1-2H3. The number of rotatable bonds is 3. The Labute approximate surface area is 164 Å². The molecule has 2 aliphatic rings. The first-order valence-electron chi connectivity index (χ1n) is 8.89. The van der Waals surface area contributed by atoms with E-state index < -0.39 is 23.4 Å². The molecule has 1 aromatic carbocycles. The van der Waals surface area contributed by atoms with Crippen LogP contribution in [0.1, 0.15) is 18.7 Å². The highest BCUT2D eigenvalue weighted by Gasteiger charge is 2.45. The Kier molecular flexibility index (Phi) is 4.76. The lowest BCUT2D eigenvalue weighted by Crippen LogP contribution is -2.47. The maximum Gasteiger partial charge on any atom is 0.282 e. The highest BCUT2D eigenvalue weighted by Crippen LogP contribution is 2.38. The zero-order valence-corrected chi connectivity index (χ0v) is 16.1. The SMILES string of the molecule is CC1CN(C2=C(c3cccs3)C(=O)N(c3ccc(F)cc3F)C2=O)CC(C)O1. The van der Waals surface area contributed by atoms with Crippen LogP contribution in [0, 0.1) is 11.6 Å². The Balaban J connectivity index is 1.82. The number of carbonyl (C=O) groups excluding carboxylic acids is 2. The third kappa shape index (κ3) is 3.12. The van der Waals surface area contributed by atoms with Gasteiger partial charge in [0.05, 0.1) is 23.5 Å². The number of nitrogens with zero attached hydrogens (tertiary/aromatic N) is 2. The number of morpholine rings is 1. The van der Waals surface area contributed by atoms with Crippen molar-refractivity contribution < 1.29 is 23.1 Å². The lowest BCUT2D eigenvalue weighted by atomic mass is 10.1. The average molecular weight is 404 g/mol. The highest BCUT2D eigenvalue weighted by atomic mass is 32.1. The van der Waals surface area contributed by atoms with Gasteiger partial charge in [0, 0.05) is 24.0 Å². The van der Waals surface area contributed by atoms with E-state index in [-0.39, 0.29) is 29.2 Å². The molecule has 0 saturated carbocycles. The molecule has 1 aromatic heterocycles. The molecule has 2 aliphatic heterocycles. The normalized spacial score (nSPS) is 23.1. The fourth-order valence-electron chi connectivity index (χ4n) is 3.70. The van der Waals surface area contributed by atoms with E-state index in [0.717, 1.165) is 17.0 Å². The first-order valence-corrected chi connectivity index (χ1v) is 9.77. The molecule has 8 heteroatoms. The zero-order chi connectivity index (χ0) is 20.0. The van der Waals surface area contributed by atoms with Crippen LogP contribution >= 0.6 is 11.3 Å². The van der Waals surface area contributed by atoms with Gasteiger partial charge in [0.1, 0.15) is 17.3 Å². The van der Waals surface area contributed by atoms with Crippen LogP contribution in [-0.4, -0.2) is 42.0 Å². The smallest absolute Gasteiger partial charge is 0.282 e. The fraction of sp³-hybridized carbons (Fsp3) is 0.300. The van der Waals surface area contributed by atoms with Gasteiger partial charge in [-0.2, -0.15) is 0 Å². The Morgan fingerprint density at radius 1 is 1.07 bits per heavy atom. The summed E-state index contributed by atoms with van der Waals surface area (Å²) in [6.45, 7) is 4.67. The van der Waals surface area contributed by atoms with Crippen molar-refractivity contribution in [1.82, 2.24) is 4.90 Å². The molecule has 1 saturated heterocycles. The molecule has 0 aliphatic carbocycles. The minimum Gasteiger partial charge on any atom is -0.372 e. The fourth-order valence-corrected chi connectivity index (χ4v) is 4.46. The summed E-state index contributed by atoms with van der Waals surface area (Å²) < 4.78 is 33.4. The maximum atomic E-state index is 14.4. The minimum atomic E-state index is -0.961. The molecule has 2 aromatic rings. The van der Waals surface area contributed by atoms with Gasteiger partial charge in [-0.1, -0.05) is 6.07 Å². The van der Waals surface area contributed by atoms with Gasteiger partial charge in [-0.25, -0.2) is 13.7 Å². The van der Waals surface area contributed by atoms with E-state index in [9.17, 15) is 18.4 Å². The van der Waals surface area contributed by atoms with Crippen molar-refractivity contribution >= 4 is 34.4 Å². The number of amides is 2. The second kappa shape index (κ2) is 7.10. The molecule has 2 amide bonds. The van der Waals surface area contributed by atoms with Gasteiger partial charge in [0.25, 0.3) is 11.8 Å². The summed E-state index contributed by atoms with van der Waals surface area (Å²) in [4.78, 5) is 29.7. The highest BCUT2D eigenvalue weighted by molar-refractivity contribution is 7.11. The zero-order valence-electron chi connectivity index (χ0n) is 15.3. The van der Waals surface area contributed by atoms with E-state index in [2.05, 4.69) is 0 Å². The molecule has 2 unspecified atom stereocenters. The van der Waals surface area contributed by atoms with E-state index in [1.54, 1.807) is 12.1 Å². The molecule has 0 spiro atoms. The van der Waals surface area contributed by atoms with E-state index in [1.807, 2.05) is 24.1 Å². The molecule has 5 nitrogen and oxygen atoms in total. The van der Waals surface area contributed by atoms with Crippen molar-refractivity contribution in [2.24, 2.45) is 0 Å². The number of thiophene rings is 1. The van der Waals surface area contributed by atoms with Crippen molar-refractivity contribution in [1.29, 1.82) is 0 Å². The van der Waals surface area contributed by atoms with Crippen LogP contribution < -0.4 is 4.90 Å². The summed E-state index contributed by atoms with van der Waals surface area (Å²) in [5, 5.41) is 1.81. The number of ether oxygens (including phenoxy) is 1. The van der Waals surface area contributed by atoms with Crippen LogP contribution in [-0.2, 0) is 14.3 Å². The Bertz CT molecular complexity index is 964.